The van der Waals surface area contributed by atoms with Crippen molar-refractivity contribution in [1.82, 2.24) is 0 Å². The highest BCUT2D eigenvalue weighted by Gasteiger charge is 2.28. The van der Waals surface area contributed by atoms with Gasteiger partial charge in [0.2, 0.25) is 0 Å². The maximum Gasteiger partial charge on any atom is 0.522 e. The van der Waals surface area contributed by atoms with Crippen LogP contribution < -0.4 is 5.73 Å². The number of hydrogen-bond donors (Lipinski definition) is 1. The zero-order chi connectivity index (χ0) is 11.2. The summed E-state index contributed by atoms with van der Waals surface area (Å²) in [5.41, 5.74) is 5.27. The Kier molecular flexibility index (Phi) is 6.30. The van der Waals surface area contributed by atoms with E-state index in [4.69, 9.17) is 5.73 Å². The van der Waals surface area contributed by atoms with Crippen LogP contribution in [0.25, 0.3) is 0 Å². The number of alkyl halides is 3. The van der Waals surface area contributed by atoms with Crippen molar-refractivity contribution in [2.24, 2.45) is 11.7 Å². The van der Waals surface area contributed by atoms with Gasteiger partial charge in [0.25, 0.3) is 0 Å². The van der Waals surface area contributed by atoms with E-state index in [2.05, 4.69) is 4.74 Å². The lowest BCUT2D eigenvalue weighted by Crippen LogP contribution is -2.22. The van der Waals surface area contributed by atoms with Crippen LogP contribution in [0.3, 0.4) is 0 Å². The zero-order valence-electron chi connectivity index (χ0n) is 7.84. The first-order chi connectivity index (χ1) is 6.35. The molecule has 0 saturated carbocycles. The van der Waals surface area contributed by atoms with E-state index in [0.717, 1.165) is 0 Å². The van der Waals surface area contributed by atoms with E-state index in [0.29, 0.717) is 12.3 Å². The molecule has 0 amide bonds. The van der Waals surface area contributed by atoms with Gasteiger partial charge in [-0.2, -0.15) is 0 Å². The molecule has 0 aliphatic rings. The van der Waals surface area contributed by atoms with Crippen LogP contribution in [0.1, 0.15) is 6.92 Å². The predicted octanol–water partition coefficient (Wildman–Crippen LogP) is 0.866. The Labute approximate surface area is 83.3 Å². The molecule has 0 heterocycles. The molecule has 0 aliphatic carbocycles. The van der Waals surface area contributed by atoms with Crippen LogP contribution >= 0.6 is 0 Å². The molecule has 0 saturated heterocycles. The molecule has 0 rings (SSSR count). The van der Waals surface area contributed by atoms with Gasteiger partial charge >= 0.3 is 6.36 Å². The average molecular weight is 233 g/mol. The number of hydrogen-bond acceptors (Lipinski definition) is 3. The molecule has 0 aromatic rings. The van der Waals surface area contributed by atoms with Crippen molar-refractivity contribution in [3.63, 3.8) is 0 Å². The van der Waals surface area contributed by atoms with E-state index in [-0.39, 0.29) is 11.7 Å². The molecule has 2 N–H and O–H groups in total. The number of ether oxygens (including phenoxy) is 1. The third-order valence-electron chi connectivity index (χ3n) is 1.45. The van der Waals surface area contributed by atoms with E-state index in [1.807, 2.05) is 0 Å². The highest BCUT2D eigenvalue weighted by atomic mass is 32.2. The Bertz CT molecular complexity index is 186. The first-order valence-corrected chi connectivity index (χ1v) is 5.59. The molecule has 2 unspecified atom stereocenters. The van der Waals surface area contributed by atoms with Gasteiger partial charge in [0.05, 0.1) is 6.61 Å². The Morgan fingerprint density at radius 1 is 1.50 bits per heavy atom. The van der Waals surface area contributed by atoms with Gasteiger partial charge < -0.3 is 5.73 Å². The second-order valence-corrected chi connectivity index (χ2v) is 4.57. The summed E-state index contributed by atoms with van der Waals surface area (Å²) >= 11 is 0. The van der Waals surface area contributed by atoms with Crippen LogP contribution in [0.15, 0.2) is 0 Å². The minimum absolute atomic E-state index is 0.0571. The topological polar surface area (TPSA) is 52.3 Å². The molecule has 7 heteroatoms. The second kappa shape index (κ2) is 6.36. The molecule has 3 nitrogen and oxygen atoms in total. The number of halogens is 3. The summed E-state index contributed by atoms with van der Waals surface area (Å²) in [6.45, 7) is 1.61. The van der Waals surface area contributed by atoms with Crippen molar-refractivity contribution in [3.8, 4) is 0 Å². The van der Waals surface area contributed by atoms with Crippen LogP contribution in [0.2, 0.25) is 0 Å². The molecule has 0 spiro atoms. The van der Waals surface area contributed by atoms with Crippen molar-refractivity contribution in [3.05, 3.63) is 0 Å². The number of nitrogens with two attached hydrogens (primary N) is 1. The smallest absolute Gasteiger partial charge is 0.330 e. The van der Waals surface area contributed by atoms with E-state index in [9.17, 15) is 17.4 Å². The van der Waals surface area contributed by atoms with E-state index < -0.39 is 23.8 Å². The lowest BCUT2D eigenvalue weighted by Gasteiger charge is -2.09. The minimum Gasteiger partial charge on any atom is -0.330 e. The molecule has 0 aliphatic heterocycles. The van der Waals surface area contributed by atoms with Crippen molar-refractivity contribution in [2.45, 2.75) is 13.3 Å². The Morgan fingerprint density at radius 3 is 2.50 bits per heavy atom. The normalized spacial score (nSPS) is 16.6. The van der Waals surface area contributed by atoms with Gasteiger partial charge in [-0.25, -0.2) is 0 Å². The Hall–Kier alpha value is -0.140. The van der Waals surface area contributed by atoms with Gasteiger partial charge in [-0.15, -0.1) is 13.2 Å². The fraction of sp³-hybridized carbons (Fsp3) is 1.00. The lowest BCUT2D eigenvalue weighted by atomic mass is 10.2. The molecular weight excluding hydrogens is 219 g/mol. The Balaban J connectivity index is 3.55. The van der Waals surface area contributed by atoms with E-state index >= 15 is 0 Å². The molecule has 0 fully saturated rings. The molecule has 14 heavy (non-hydrogen) atoms. The summed E-state index contributed by atoms with van der Waals surface area (Å²) in [6.07, 6.45) is -4.64. The maximum atomic E-state index is 11.5. The van der Waals surface area contributed by atoms with Gasteiger partial charge in [0.1, 0.15) is 0 Å². The third kappa shape index (κ3) is 8.46. The standard InChI is InChI=1S/C7H14F3NO2S/c1-6(4-11)5-14(12)3-2-13-7(8,9)10/h6H,2-5,11H2,1H3. The van der Waals surface area contributed by atoms with Crippen molar-refractivity contribution >= 4 is 10.8 Å². The molecule has 2 atom stereocenters. The first kappa shape index (κ1) is 13.9. The molecule has 0 aromatic heterocycles. The summed E-state index contributed by atoms with van der Waals surface area (Å²) in [7, 11) is -1.29. The summed E-state index contributed by atoms with van der Waals surface area (Å²) in [4.78, 5) is 0. The first-order valence-electron chi connectivity index (χ1n) is 4.11. The number of rotatable bonds is 6. The van der Waals surface area contributed by atoms with Crippen LogP contribution in [-0.4, -0.2) is 35.2 Å². The molecule has 0 bridgehead atoms. The lowest BCUT2D eigenvalue weighted by molar-refractivity contribution is -0.322. The fourth-order valence-electron chi connectivity index (χ4n) is 0.719. The van der Waals surface area contributed by atoms with Gasteiger partial charge in [0.15, 0.2) is 0 Å². The van der Waals surface area contributed by atoms with Crippen LogP contribution in [-0.2, 0) is 15.5 Å². The minimum atomic E-state index is -4.64. The maximum absolute atomic E-state index is 11.5. The van der Waals surface area contributed by atoms with Gasteiger partial charge in [-0.1, -0.05) is 6.92 Å². The van der Waals surface area contributed by atoms with E-state index in [1.54, 1.807) is 6.92 Å². The molecule has 86 valence electrons. The van der Waals surface area contributed by atoms with Crippen molar-refractivity contribution in [2.75, 3.05) is 24.7 Å². The average Bonchev–Trinajstić information content (AvgIpc) is 2.01. The van der Waals surface area contributed by atoms with Crippen LogP contribution in [0.4, 0.5) is 13.2 Å². The zero-order valence-corrected chi connectivity index (χ0v) is 8.66. The van der Waals surface area contributed by atoms with Crippen LogP contribution in [0.5, 0.6) is 0 Å². The summed E-state index contributed by atoms with van der Waals surface area (Å²) in [6, 6.07) is 0. The highest BCUT2D eigenvalue weighted by molar-refractivity contribution is 7.85. The fourth-order valence-corrected chi connectivity index (χ4v) is 1.93. The van der Waals surface area contributed by atoms with Crippen molar-refractivity contribution in [1.29, 1.82) is 0 Å². The molecule has 0 radical (unpaired) electrons. The quantitative estimate of drug-likeness (QED) is 0.740. The van der Waals surface area contributed by atoms with Gasteiger partial charge in [-0.3, -0.25) is 8.95 Å². The predicted molar refractivity (Wildman–Crippen MR) is 48.1 cm³/mol. The summed E-state index contributed by atoms with van der Waals surface area (Å²) in [5.74, 6) is 0.267. The summed E-state index contributed by atoms with van der Waals surface area (Å²) < 4.78 is 49.1. The van der Waals surface area contributed by atoms with Gasteiger partial charge in [0, 0.05) is 22.3 Å². The second-order valence-electron chi connectivity index (χ2n) is 2.95. The SMILES string of the molecule is CC(CN)CS(=O)CCOC(F)(F)F. The monoisotopic (exact) mass is 233 g/mol. The molecule has 0 aromatic carbocycles. The molecular formula is C7H14F3NO2S. The largest absolute Gasteiger partial charge is 0.522 e. The summed E-state index contributed by atoms with van der Waals surface area (Å²) in [5, 5.41) is 0. The van der Waals surface area contributed by atoms with Gasteiger partial charge in [-0.05, 0) is 12.5 Å². The third-order valence-corrected chi connectivity index (χ3v) is 3.01. The van der Waals surface area contributed by atoms with E-state index in [1.165, 1.54) is 0 Å². The Morgan fingerprint density at radius 2 is 2.07 bits per heavy atom. The van der Waals surface area contributed by atoms with Crippen LogP contribution in [0, 0.1) is 5.92 Å². The van der Waals surface area contributed by atoms with Crippen molar-refractivity contribution < 1.29 is 22.1 Å². The highest BCUT2D eigenvalue weighted by Crippen LogP contribution is 2.15.